The van der Waals surface area contributed by atoms with Crippen molar-refractivity contribution in [1.82, 2.24) is 24.5 Å². The number of ether oxygens (including phenoxy) is 1. The van der Waals surface area contributed by atoms with Gasteiger partial charge in [0.1, 0.15) is 23.9 Å². The van der Waals surface area contributed by atoms with E-state index >= 15 is 0 Å². The van der Waals surface area contributed by atoms with E-state index < -0.39 is 0 Å². The summed E-state index contributed by atoms with van der Waals surface area (Å²) >= 11 is 0. The van der Waals surface area contributed by atoms with E-state index in [9.17, 15) is 4.39 Å². The van der Waals surface area contributed by atoms with Gasteiger partial charge in [0.05, 0.1) is 17.9 Å². The normalized spacial score (nSPS) is 12.1. The Balaban J connectivity index is 1.71. The molecule has 4 aromatic rings. The number of nitrogens with zero attached hydrogens (tertiary/aromatic N) is 5. The molecule has 8 heteroatoms. The third kappa shape index (κ3) is 4.34. The Labute approximate surface area is 180 Å². The summed E-state index contributed by atoms with van der Waals surface area (Å²) in [5, 5.41) is 12.1. The van der Waals surface area contributed by atoms with Crippen LogP contribution < -0.4 is 5.32 Å². The van der Waals surface area contributed by atoms with Gasteiger partial charge in [-0.05, 0) is 43.7 Å². The van der Waals surface area contributed by atoms with Gasteiger partial charge in [0.15, 0.2) is 0 Å². The molecular formula is C23H25FN6O. The number of halogens is 1. The number of benzene rings is 2. The quantitative estimate of drug-likeness (QED) is 0.449. The van der Waals surface area contributed by atoms with Crippen LogP contribution in [0.25, 0.3) is 22.6 Å². The molecule has 2 heterocycles. The molecule has 0 aliphatic carbocycles. The van der Waals surface area contributed by atoms with Gasteiger partial charge in [-0.3, -0.25) is 0 Å². The van der Waals surface area contributed by atoms with Crippen LogP contribution in [0.1, 0.15) is 25.5 Å². The lowest BCUT2D eigenvalue weighted by Gasteiger charge is -2.16. The van der Waals surface area contributed by atoms with Gasteiger partial charge in [-0.1, -0.05) is 35.5 Å². The number of anilines is 1. The van der Waals surface area contributed by atoms with Gasteiger partial charge >= 0.3 is 0 Å². The minimum atomic E-state index is -0.297. The summed E-state index contributed by atoms with van der Waals surface area (Å²) in [6.07, 6.45) is 1.79. The van der Waals surface area contributed by atoms with Gasteiger partial charge in [0, 0.05) is 19.2 Å². The average molecular weight is 420 g/mol. The minimum absolute atomic E-state index is 0.0816. The Kier molecular flexibility index (Phi) is 6.08. The summed E-state index contributed by atoms with van der Waals surface area (Å²) < 4.78 is 22.7. The third-order valence-electron chi connectivity index (χ3n) is 5.15. The molecule has 160 valence electrons. The fourth-order valence-electron chi connectivity index (χ4n) is 3.42. The zero-order chi connectivity index (χ0) is 21.8. The van der Waals surface area contributed by atoms with E-state index in [1.54, 1.807) is 23.0 Å². The van der Waals surface area contributed by atoms with Crippen LogP contribution in [0.5, 0.6) is 0 Å². The van der Waals surface area contributed by atoms with Crippen molar-refractivity contribution < 1.29 is 9.13 Å². The Morgan fingerprint density at radius 3 is 2.55 bits per heavy atom. The minimum Gasteiger partial charge on any atom is -0.359 e. The van der Waals surface area contributed by atoms with Crippen LogP contribution in [0.2, 0.25) is 0 Å². The molecule has 0 amide bonds. The summed E-state index contributed by atoms with van der Waals surface area (Å²) in [5.41, 5.74) is 4.17. The molecular weight excluding hydrogens is 395 g/mol. The van der Waals surface area contributed by atoms with Gasteiger partial charge in [0.25, 0.3) is 0 Å². The number of hydrogen-bond acceptors (Lipinski definition) is 5. The van der Waals surface area contributed by atoms with Crippen molar-refractivity contribution in [1.29, 1.82) is 0 Å². The molecule has 0 unspecified atom stereocenters. The molecule has 31 heavy (non-hydrogen) atoms. The number of rotatable bonds is 8. The molecule has 1 atom stereocenters. The fourth-order valence-corrected chi connectivity index (χ4v) is 3.42. The van der Waals surface area contributed by atoms with Crippen molar-refractivity contribution in [2.24, 2.45) is 7.05 Å². The van der Waals surface area contributed by atoms with Gasteiger partial charge in [-0.2, -0.15) is 0 Å². The van der Waals surface area contributed by atoms with Gasteiger partial charge in [0.2, 0.25) is 5.95 Å². The summed E-state index contributed by atoms with van der Waals surface area (Å²) in [6.45, 7) is 4.83. The molecule has 0 bridgehead atoms. The Hall–Kier alpha value is -3.52. The van der Waals surface area contributed by atoms with Gasteiger partial charge in [-0.15, -0.1) is 5.10 Å². The van der Waals surface area contributed by atoms with E-state index in [1.165, 1.54) is 17.7 Å². The Bertz CT molecular complexity index is 1140. The maximum absolute atomic E-state index is 13.4. The molecule has 1 N–H and O–H groups in total. The smallest absolute Gasteiger partial charge is 0.203 e. The number of aromatic nitrogens is 5. The van der Waals surface area contributed by atoms with E-state index in [0.717, 1.165) is 22.9 Å². The van der Waals surface area contributed by atoms with E-state index in [0.29, 0.717) is 12.3 Å². The topological polar surface area (TPSA) is 69.8 Å². The van der Waals surface area contributed by atoms with Crippen LogP contribution in [0.3, 0.4) is 0 Å². The van der Waals surface area contributed by atoms with E-state index in [-0.39, 0.29) is 18.6 Å². The maximum Gasteiger partial charge on any atom is 0.203 e. The molecule has 0 aliphatic heterocycles. The van der Waals surface area contributed by atoms with E-state index in [4.69, 9.17) is 4.74 Å². The summed E-state index contributed by atoms with van der Waals surface area (Å²) in [4.78, 5) is 4.59. The lowest BCUT2D eigenvalue weighted by atomic mass is 10.1. The van der Waals surface area contributed by atoms with Crippen molar-refractivity contribution in [3.05, 3.63) is 72.2 Å². The molecule has 2 aromatic heterocycles. The highest BCUT2D eigenvalue weighted by molar-refractivity contribution is 5.76. The molecule has 0 saturated carbocycles. The zero-order valence-electron chi connectivity index (χ0n) is 17.8. The average Bonchev–Trinajstić information content (AvgIpc) is 3.36. The lowest BCUT2D eigenvalue weighted by Crippen LogP contribution is -2.12. The predicted octanol–water partition coefficient (Wildman–Crippen LogP) is 4.65. The first kappa shape index (κ1) is 20.7. The first-order valence-electron chi connectivity index (χ1n) is 10.2. The summed E-state index contributed by atoms with van der Waals surface area (Å²) in [6, 6.07) is 16.5. The highest BCUT2D eigenvalue weighted by Crippen LogP contribution is 2.32. The lowest BCUT2D eigenvalue weighted by molar-refractivity contribution is 0.0789. The van der Waals surface area contributed by atoms with Crippen LogP contribution >= 0.6 is 0 Å². The van der Waals surface area contributed by atoms with Crippen LogP contribution in [-0.2, 0) is 18.5 Å². The monoisotopic (exact) mass is 420 g/mol. The van der Waals surface area contributed by atoms with Gasteiger partial charge < -0.3 is 14.6 Å². The van der Waals surface area contributed by atoms with Crippen molar-refractivity contribution in [2.45, 2.75) is 26.6 Å². The number of imidazole rings is 1. The zero-order valence-corrected chi connectivity index (χ0v) is 17.8. The highest BCUT2D eigenvalue weighted by Gasteiger charge is 2.21. The largest absolute Gasteiger partial charge is 0.359 e. The number of nitrogens with one attached hydrogen (secondary N) is 1. The first-order chi connectivity index (χ1) is 15.1. The maximum atomic E-state index is 13.4. The second-order valence-corrected chi connectivity index (χ2v) is 7.22. The van der Waals surface area contributed by atoms with Crippen molar-refractivity contribution in [2.75, 3.05) is 11.9 Å². The summed E-state index contributed by atoms with van der Waals surface area (Å²) in [5.74, 6) is 0.425. The molecule has 0 aliphatic rings. The second-order valence-electron chi connectivity index (χ2n) is 7.22. The third-order valence-corrected chi connectivity index (χ3v) is 5.15. The predicted molar refractivity (Wildman–Crippen MR) is 118 cm³/mol. The van der Waals surface area contributed by atoms with Crippen LogP contribution in [-0.4, -0.2) is 31.2 Å². The fraction of sp³-hybridized carbons (Fsp3) is 0.261. The first-order valence-corrected chi connectivity index (χ1v) is 10.2. The van der Waals surface area contributed by atoms with Crippen molar-refractivity contribution in [3.8, 4) is 22.6 Å². The van der Waals surface area contributed by atoms with Crippen molar-refractivity contribution >= 4 is 5.95 Å². The highest BCUT2D eigenvalue weighted by atomic mass is 19.1. The van der Waals surface area contributed by atoms with Crippen LogP contribution in [0, 0.1) is 5.82 Å². The number of hydrogen-bond donors (Lipinski definition) is 1. The molecule has 0 fully saturated rings. The van der Waals surface area contributed by atoms with E-state index in [2.05, 4.69) is 39.7 Å². The Morgan fingerprint density at radius 2 is 1.84 bits per heavy atom. The van der Waals surface area contributed by atoms with E-state index in [1.807, 2.05) is 36.7 Å². The molecule has 2 aromatic carbocycles. The molecule has 0 radical (unpaired) electrons. The summed E-state index contributed by atoms with van der Waals surface area (Å²) in [7, 11) is 1.94. The van der Waals surface area contributed by atoms with Crippen LogP contribution in [0.4, 0.5) is 10.3 Å². The SMILES string of the molecule is CCOCn1nnc(-c2ccc(F)cc2)c1-c1cnc(N[C@H](C)c2ccccc2)n1C. The molecule has 4 rings (SSSR count). The second kappa shape index (κ2) is 9.09. The van der Waals surface area contributed by atoms with Gasteiger partial charge in [-0.25, -0.2) is 14.1 Å². The molecule has 0 saturated heterocycles. The molecule has 0 spiro atoms. The van der Waals surface area contributed by atoms with Crippen LogP contribution in [0.15, 0.2) is 60.8 Å². The standard InChI is InChI=1S/C23H25FN6O/c1-4-31-15-30-22(21(27-28-30)18-10-12-19(24)13-11-18)20-14-25-23(29(20)3)26-16(2)17-8-6-5-7-9-17/h5-14,16H,4,15H2,1-3H3,(H,25,26)/t16-/m1/s1. The Morgan fingerprint density at radius 1 is 1.10 bits per heavy atom. The molecule has 7 nitrogen and oxygen atoms in total. The van der Waals surface area contributed by atoms with Crippen molar-refractivity contribution in [3.63, 3.8) is 0 Å².